The van der Waals surface area contributed by atoms with Crippen LogP contribution in [0.4, 0.5) is 0 Å². The van der Waals surface area contributed by atoms with Crippen LogP contribution in [0.25, 0.3) is 17.2 Å². The van der Waals surface area contributed by atoms with Crippen molar-refractivity contribution in [2.45, 2.75) is 6.92 Å². The molecule has 92 valence electrons. The van der Waals surface area contributed by atoms with Gasteiger partial charge in [-0.05, 0) is 36.2 Å². The van der Waals surface area contributed by atoms with Crippen LogP contribution in [0, 0.1) is 0 Å². The first-order chi connectivity index (χ1) is 8.74. The van der Waals surface area contributed by atoms with E-state index >= 15 is 0 Å². The van der Waals surface area contributed by atoms with Gasteiger partial charge in [-0.1, -0.05) is 36.4 Å². The Bertz CT molecular complexity index is 554. The summed E-state index contributed by atoms with van der Waals surface area (Å²) in [6, 6.07) is 13.5. The Hall–Kier alpha value is -2.22. The lowest BCUT2D eigenvalue weighted by Crippen LogP contribution is -1.83. The lowest BCUT2D eigenvalue weighted by atomic mass is 10.0. The molecule has 18 heavy (non-hydrogen) atoms. The zero-order valence-electron chi connectivity index (χ0n) is 10.6. The van der Waals surface area contributed by atoms with Crippen molar-refractivity contribution in [1.29, 1.82) is 0 Å². The SMILES string of the molecule is C/C=C/c1ccc(-c2ccc(OC)cc2)cc1O. The van der Waals surface area contributed by atoms with Crippen LogP contribution in [-0.4, -0.2) is 12.2 Å². The Morgan fingerprint density at radius 3 is 2.22 bits per heavy atom. The number of rotatable bonds is 3. The Kier molecular flexibility index (Phi) is 3.68. The predicted molar refractivity (Wildman–Crippen MR) is 74.8 cm³/mol. The van der Waals surface area contributed by atoms with E-state index < -0.39 is 0 Å². The molecule has 0 aliphatic rings. The van der Waals surface area contributed by atoms with Gasteiger partial charge in [0, 0.05) is 5.56 Å². The molecule has 0 atom stereocenters. The number of benzene rings is 2. The van der Waals surface area contributed by atoms with Crippen LogP contribution in [0.15, 0.2) is 48.5 Å². The van der Waals surface area contributed by atoms with E-state index in [9.17, 15) is 5.11 Å². The van der Waals surface area contributed by atoms with E-state index in [1.165, 1.54) is 0 Å². The van der Waals surface area contributed by atoms with Crippen molar-refractivity contribution in [3.8, 4) is 22.6 Å². The first-order valence-electron chi connectivity index (χ1n) is 5.84. The summed E-state index contributed by atoms with van der Waals surface area (Å²) in [6.07, 6.45) is 3.79. The van der Waals surface area contributed by atoms with Crippen molar-refractivity contribution < 1.29 is 9.84 Å². The number of hydrogen-bond acceptors (Lipinski definition) is 2. The Morgan fingerprint density at radius 2 is 1.67 bits per heavy atom. The second-order valence-electron chi connectivity index (χ2n) is 4.00. The van der Waals surface area contributed by atoms with Crippen molar-refractivity contribution >= 4 is 6.08 Å². The van der Waals surface area contributed by atoms with Gasteiger partial charge in [-0.2, -0.15) is 0 Å². The third-order valence-corrected chi connectivity index (χ3v) is 2.80. The highest BCUT2D eigenvalue weighted by Crippen LogP contribution is 2.28. The molecule has 0 amide bonds. The van der Waals surface area contributed by atoms with Crippen molar-refractivity contribution in [2.75, 3.05) is 7.11 Å². The van der Waals surface area contributed by atoms with E-state index in [2.05, 4.69) is 0 Å². The normalized spacial score (nSPS) is 10.8. The summed E-state index contributed by atoms with van der Waals surface area (Å²) < 4.78 is 5.12. The van der Waals surface area contributed by atoms with Gasteiger partial charge in [-0.15, -0.1) is 0 Å². The molecule has 2 aromatic carbocycles. The second-order valence-corrected chi connectivity index (χ2v) is 4.00. The highest BCUT2D eigenvalue weighted by atomic mass is 16.5. The van der Waals surface area contributed by atoms with Crippen molar-refractivity contribution in [3.63, 3.8) is 0 Å². The summed E-state index contributed by atoms with van der Waals surface area (Å²) in [6.45, 7) is 1.93. The first kappa shape index (κ1) is 12.2. The summed E-state index contributed by atoms with van der Waals surface area (Å²) in [7, 11) is 1.65. The third kappa shape index (κ3) is 2.54. The summed E-state index contributed by atoms with van der Waals surface area (Å²) in [5.74, 6) is 1.12. The van der Waals surface area contributed by atoms with Crippen LogP contribution in [-0.2, 0) is 0 Å². The largest absolute Gasteiger partial charge is 0.507 e. The van der Waals surface area contributed by atoms with Crippen molar-refractivity contribution in [2.24, 2.45) is 0 Å². The molecule has 0 aliphatic heterocycles. The number of ether oxygens (including phenoxy) is 1. The van der Waals surface area contributed by atoms with Gasteiger partial charge in [0.25, 0.3) is 0 Å². The molecular weight excluding hydrogens is 224 g/mol. The number of aromatic hydroxyl groups is 1. The van der Waals surface area contributed by atoms with Gasteiger partial charge in [0.1, 0.15) is 11.5 Å². The standard InChI is InChI=1S/C16H16O2/c1-3-4-13-5-6-14(11-16(13)17)12-7-9-15(18-2)10-8-12/h3-11,17H,1-2H3/b4-3+. The Balaban J connectivity index is 2.35. The molecule has 0 radical (unpaired) electrons. The molecule has 0 spiro atoms. The fourth-order valence-corrected chi connectivity index (χ4v) is 1.83. The van der Waals surface area contributed by atoms with Gasteiger partial charge < -0.3 is 9.84 Å². The number of phenolic OH excluding ortho intramolecular Hbond substituents is 1. The monoisotopic (exact) mass is 240 g/mol. The van der Waals surface area contributed by atoms with Crippen LogP contribution in [0.1, 0.15) is 12.5 Å². The molecule has 2 nitrogen and oxygen atoms in total. The highest BCUT2D eigenvalue weighted by molar-refractivity contribution is 5.69. The highest BCUT2D eigenvalue weighted by Gasteiger charge is 2.02. The second kappa shape index (κ2) is 5.41. The first-order valence-corrected chi connectivity index (χ1v) is 5.84. The quantitative estimate of drug-likeness (QED) is 0.875. The van der Waals surface area contributed by atoms with Gasteiger partial charge in [-0.3, -0.25) is 0 Å². The average molecular weight is 240 g/mol. The summed E-state index contributed by atoms with van der Waals surface area (Å²) in [4.78, 5) is 0. The molecule has 0 saturated heterocycles. The summed E-state index contributed by atoms with van der Waals surface area (Å²) in [5.41, 5.74) is 2.87. The average Bonchev–Trinajstić information content (AvgIpc) is 2.41. The third-order valence-electron chi connectivity index (χ3n) is 2.80. The number of phenols is 1. The topological polar surface area (TPSA) is 29.5 Å². The van der Waals surface area contributed by atoms with Crippen molar-refractivity contribution in [1.82, 2.24) is 0 Å². The molecular formula is C16H16O2. The summed E-state index contributed by atoms with van der Waals surface area (Å²) in [5, 5.41) is 9.91. The number of allylic oxidation sites excluding steroid dienone is 1. The van der Waals surface area contributed by atoms with Gasteiger partial charge in [0.15, 0.2) is 0 Å². The molecule has 2 rings (SSSR count). The molecule has 2 heteroatoms. The minimum Gasteiger partial charge on any atom is -0.507 e. The van der Waals surface area contributed by atoms with Crippen LogP contribution < -0.4 is 4.74 Å². The van der Waals surface area contributed by atoms with Gasteiger partial charge >= 0.3 is 0 Å². The zero-order chi connectivity index (χ0) is 13.0. The predicted octanol–water partition coefficient (Wildman–Crippen LogP) is 4.10. The molecule has 0 bridgehead atoms. The van der Waals surface area contributed by atoms with Crippen LogP contribution in [0.5, 0.6) is 11.5 Å². The lowest BCUT2D eigenvalue weighted by molar-refractivity contribution is 0.415. The van der Waals surface area contributed by atoms with E-state index in [1.807, 2.05) is 55.5 Å². The van der Waals surface area contributed by atoms with Crippen LogP contribution in [0.2, 0.25) is 0 Å². The molecule has 2 aromatic rings. The molecule has 0 aromatic heterocycles. The Morgan fingerprint density at radius 1 is 1.00 bits per heavy atom. The molecule has 0 unspecified atom stereocenters. The maximum Gasteiger partial charge on any atom is 0.123 e. The molecule has 0 fully saturated rings. The van der Waals surface area contributed by atoms with Gasteiger partial charge in [-0.25, -0.2) is 0 Å². The Labute approximate surface area is 107 Å². The summed E-state index contributed by atoms with van der Waals surface area (Å²) >= 11 is 0. The molecule has 0 saturated carbocycles. The molecule has 0 heterocycles. The van der Waals surface area contributed by atoms with Gasteiger partial charge in [0.05, 0.1) is 7.11 Å². The minimum absolute atomic E-state index is 0.293. The minimum atomic E-state index is 0.293. The molecule has 1 N–H and O–H groups in total. The smallest absolute Gasteiger partial charge is 0.123 e. The van der Waals surface area contributed by atoms with Crippen LogP contribution >= 0.6 is 0 Å². The van der Waals surface area contributed by atoms with Crippen molar-refractivity contribution in [3.05, 3.63) is 54.1 Å². The van der Waals surface area contributed by atoms with Gasteiger partial charge in [0.2, 0.25) is 0 Å². The van der Waals surface area contributed by atoms with E-state index in [4.69, 9.17) is 4.74 Å². The molecule has 0 aliphatic carbocycles. The maximum atomic E-state index is 9.91. The van der Waals surface area contributed by atoms with E-state index in [1.54, 1.807) is 13.2 Å². The number of hydrogen-bond donors (Lipinski definition) is 1. The number of methoxy groups -OCH3 is 1. The lowest BCUT2D eigenvalue weighted by Gasteiger charge is -2.06. The van der Waals surface area contributed by atoms with E-state index in [-0.39, 0.29) is 0 Å². The van der Waals surface area contributed by atoms with E-state index in [0.29, 0.717) is 5.75 Å². The fourth-order valence-electron chi connectivity index (χ4n) is 1.83. The zero-order valence-corrected chi connectivity index (χ0v) is 10.6. The maximum absolute atomic E-state index is 9.91. The van der Waals surface area contributed by atoms with Crippen LogP contribution in [0.3, 0.4) is 0 Å². The van der Waals surface area contributed by atoms with E-state index in [0.717, 1.165) is 22.4 Å². The fraction of sp³-hybridized carbons (Fsp3) is 0.125.